The predicted molar refractivity (Wildman–Crippen MR) is 75.8 cm³/mol. The quantitative estimate of drug-likeness (QED) is 0.890. The lowest BCUT2D eigenvalue weighted by atomic mass is 9.96. The summed E-state index contributed by atoms with van der Waals surface area (Å²) in [6.45, 7) is 6.32. The SMILES string of the molecule is CNC(c1ccnc(C)c1)c1ccc(C)c(C)c1. The van der Waals surface area contributed by atoms with E-state index in [0.717, 1.165) is 5.69 Å². The van der Waals surface area contributed by atoms with Gasteiger partial charge in [-0.2, -0.15) is 0 Å². The molecular weight excluding hydrogens is 220 g/mol. The van der Waals surface area contributed by atoms with Gasteiger partial charge >= 0.3 is 0 Å². The van der Waals surface area contributed by atoms with E-state index < -0.39 is 0 Å². The minimum atomic E-state index is 0.228. The van der Waals surface area contributed by atoms with Crippen molar-refractivity contribution >= 4 is 0 Å². The second kappa shape index (κ2) is 5.32. The number of nitrogens with zero attached hydrogens (tertiary/aromatic N) is 1. The van der Waals surface area contributed by atoms with Crippen LogP contribution < -0.4 is 5.32 Å². The molecule has 0 bridgehead atoms. The molecule has 1 unspecified atom stereocenters. The summed E-state index contributed by atoms with van der Waals surface area (Å²) in [6, 6.07) is 11.1. The maximum absolute atomic E-state index is 4.25. The minimum Gasteiger partial charge on any atom is -0.309 e. The van der Waals surface area contributed by atoms with Crippen LogP contribution in [0.25, 0.3) is 0 Å². The van der Waals surface area contributed by atoms with Gasteiger partial charge in [-0.05, 0) is 62.2 Å². The first-order chi connectivity index (χ1) is 8.61. The molecule has 18 heavy (non-hydrogen) atoms. The molecule has 1 heterocycles. The molecule has 2 aromatic rings. The molecule has 0 aliphatic rings. The van der Waals surface area contributed by atoms with E-state index >= 15 is 0 Å². The van der Waals surface area contributed by atoms with Gasteiger partial charge in [0.2, 0.25) is 0 Å². The van der Waals surface area contributed by atoms with E-state index in [1.165, 1.54) is 22.3 Å². The number of rotatable bonds is 3. The fourth-order valence-corrected chi connectivity index (χ4v) is 2.22. The molecular formula is C16H20N2. The molecule has 0 saturated heterocycles. The third-order valence-electron chi connectivity index (χ3n) is 3.41. The van der Waals surface area contributed by atoms with Crippen molar-refractivity contribution in [1.82, 2.24) is 10.3 Å². The molecule has 0 aliphatic heterocycles. The summed E-state index contributed by atoms with van der Waals surface area (Å²) in [5.74, 6) is 0. The second-order valence-electron chi connectivity index (χ2n) is 4.80. The summed E-state index contributed by atoms with van der Waals surface area (Å²) in [6.07, 6.45) is 1.87. The van der Waals surface area contributed by atoms with Gasteiger partial charge in [-0.3, -0.25) is 4.98 Å². The Labute approximate surface area is 109 Å². The van der Waals surface area contributed by atoms with Crippen molar-refractivity contribution in [2.75, 3.05) is 7.05 Å². The number of hydrogen-bond donors (Lipinski definition) is 1. The number of nitrogens with one attached hydrogen (secondary N) is 1. The average molecular weight is 240 g/mol. The highest BCUT2D eigenvalue weighted by molar-refractivity contribution is 5.37. The molecule has 2 heteroatoms. The predicted octanol–water partition coefficient (Wildman–Crippen LogP) is 3.32. The number of aryl methyl sites for hydroxylation is 3. The Hall–Kier alpha value is -1.67. The van der Waals surface area contributed by atoms with E-state index in [1.807, 2.05) is 20.2 Å². The Balaban J connectivity index is 2.42. The van der Waals surface area contributed by atoms with E-state index in [9.17, 15) is 0 Å². The van der Waals surface area contributed by atoms with Crippen molar-refractivity contribution in [2.24, 2.45) is 0 Å². The third-order valence-corrected chi connectivity index (χ3v) is 3.41. The van der Waals surface area contributed by atoms with Crippen molar-refractivity contribution in [3.63, 3.8) is 0 Å². The number of aromatic nitrogens is 1. The van der Waals surface area contributed by atoms with Crippen molar-refractivity contribution in [3.05, 3.63) is 64.5 Å². The largest absolute Gasteiger partial charge is 0.309 e. The van der Waals surface area contributed by atoms with Crippen molar-refractivity contribution < 1.29 is 0 Å². The maximum Gasteiger partial charge on any atom is 0.0575 e. The van der Waals surface area contributed by atoms with Crippen LogP contribution in [-0.2, 0) is 0 Å². The number of hydrogen-bond acceptors (Lipinski definition) is 2. The van der Waals surface area contributed by atoms with Crippen LogP contribution in [0.15, 0.2) is 36.5 Å². The van der Waals surface area contributed by atoms with E-state index in [-0.39, 0.29) is 6.04 Å². The van der Waals surface area contributed by atoms with Crippen LogP contribution in [0.2, 0.25) is 0 Å². The molecule has 2 rings (SSSR count). The molecule has 2 nitrogen and oxygen atoms in total. The zero-order chi connectivity index (χ0) is 13.1. The van der Waals surface area contributed by atoms with Crippen LogP contribution in [0.4, 0.5) is 0 Å². The Kier molecular flexibility index (Phi) is 3.78. The smallest absolute Gasteiger partial charge is 0.0575 e. The second-order valence-corrected chi connectivity index (χ2v) is 4.80. The first kappa shape index (κ1) is 12.8. The Bertz CT molecular complexity index is 547. The van der Waals surface area contributed by atoms with E-state index in [4.69, 9.17) is 0 Å². The molecule has 0 saturated carbocycles. The summed E-state index contributed by atoms with van der Waals surface area (Å²) in [7, 11) is 2.00. The highest BCUT2D eigenvalue weighted by Crippen LogP contribution is 2.23. The van der Waals surface area contributed by atoms with Gasteiger partial charge in [0.25, 0.3) is 0 Å². The van der Waals surface area contributed by atoms with Gasteiger partial charge in [0.15, 0.2) is 0 Å². The van der Waals surface area contributed by atoms with Crippen LogP contribution in [0.3, 0.4) is 0 Å². The molecule has 0 amide bonds. The molecule has 0 aliphatic carbocycles. The zero-order valence-electron chi connectivity index (χ0n) is 11.5. The zero-order valence-corrected chi connectivity index (χ0v) is 11.5. The van der Waals surface area contributed by atoms with Crippen LogP contribution in [0.5, 0.6) is 0 Å². The summed E-state index contributed by atoms with van der Waals surface area (Å²) in [5, 5.41) is 3.38. The summed E-state index contributed by atoms with van der Waals surface area (Å²) < 4.78 is 0. The first-order valence-electron chi connectivity index (χ1n) is 6.29. The van der Waals surface area contributed by atoms with E-state index in [2.05, 4.69) is 54.5 Å². The average Bonchev–Trinajstić information content (AvgIpc) is 2.35. The molecule has 94 valence electrons. The van der Waals surface area contributed by atoms with Gasteiger partial charge in [0.1, 0.15) is 0 Å². The van der Waals surface area contributed by atoms with Crippen molar-refractivity contribution in [1.29, 1.82) is 0 Å². The van der Waals surface area contributed by atoms with Crippen molar-refractivity contribution in [2.45, 2.75) is 26.8 Å². The number of pyridine rings is 1. The highest BCUT2D eigenvalue weighted by atomic mass is 14.9. The van der Waals surface area contributed by atoms with Gasteiger partial charge in [-0.15, -0.1) is 0 Å². The van der Waals surface area contributed by atoms with E-state index in [1.54, 1.807) is 0 Å². The van der Waals surface area contributed by atoms with Crippen LogP contribution in [-0.4, -0.2) is 12.0 Å². The van der Waals surface area contributed by atoms with Gasteiger partial charge in [-0.1, -0.05) is 18.2 Å². The van der Waals surface area contributed by atoms with Gasteiger partial charge in [0, 0.05) is 11.9 Å². The molecule has 0 spiro atoms. The minimum absolute atomic E-state index is 0.228. The summed E-state index contributed by atoms with van der Waals surface area (Å²) >= 11 is 0. The van der Waals surface area contributed by atoms with Gasteiger partial charge in [-0.25, -0.2) is 0 Å². The molecule has 1 aromatic heterocycles. The molecule has 0 fully saturated rings. The van der Waals surface area contributed by atoms with Crippen LogP contribution in [0, 0.1) is 20.8 Å². The van der Waals surface area contributed by atoms with Crippen LogP contribution >= 0.6 is 0 Å². The number of benzene rings is 1. The van der Waals surface area contributed by atoms with Crippen molar-refractivity contribution in [3.8, 4) is 0 Å². The van der Waals surface area contributed by atoms with Gasteiger partial charge < -0.3 is 5.32 Å². The monoisotopic (exact) mass is 240 g/mol. The van der Waals surface area contributed by atoms with Gasteiger partial charge in [0.05, 0.1) is 6.04 Å². The molecule has 1 N–H and O–H groups in total. The highest BCUT2D eigenvalue weighted by Gasteiger charge is 2.12. The Morgan fingerprint density at radius 3 is 2.28 bits per heavy atom. The molecule has 1 atom stereocenters. The Morgan fingerprint density at radius 1 is 0.944 bits per heavy atom. The standard InChI is InChI=1S/C16H20N2/c1-11-5-6-14(9-12(11)2)16(17-4)15-7-8-18-13(3)10-15/h5-10,16-17H,1-4H3. The topological polar surface area (TPSA) is 24.9 Å². The first-order valence-corrected chi connectivity index (χ1v) is 6.29. The van der Waals surface area contributed by atoms with E-state index in [0.29, 0.717) is 0 Å². The molecule has 1 aromatic carbocycles. The lowest BCUT2D eigenvalue weighted by molar-refractivity contribution is 0.689. The lowest BCUT2D eigenvalue weighted by Crippen LogP contribution is -2.18. The Morgan fingerprint density at radius 2 is 1.67 bits per heavy atom. The fraction of sp³-hybridized carbons (Fsp3) is 0.312. The fourth-order valence-electron chi connectivity index (χ4n) is 2.22. The normalized spacial score (nSPS) is 12.4. The summed E-state index contributed by atoms with van der Waals surface area (Å²) in [5.41, 5.74) is 6.27. The third kappa shape index (κ3) is 2.59. The van der Waals surface area contributed by atoms with Crippen LogP contribution in [0.1, 0.15) is 34.0 Å². The maximum atomic E-state index is 4.25. The lowest BCUT2D eigenvalue weighted by Gasteiger charge is -2.18. The summed E-state index contributed by atoms with van der Waals surface area (Å²) in [4.78, 5) is 4.25. The molecule has 0 radical (unpaired) electrons.